The second-order valence-electron chi connectivity index (χ2n) is 4.10. The topological polar surface area (TPSA) is 47.5 Å². The van der Waals surface area contributed by atoms with Gasteiger partial charge in [-0.05, 0) is 12.1 Å². The molecule has 2 heterocycles. The van der Waals surface area contributed by atoms with E-state index >= 15 is 0 Å². The lowest BCUT2D eigenvalue weighted by atomic mass is 10.2. The molecule has 0 aliphatic carbocycles. The fourth-order valence-corrected chi connectivity index (χ4v) is 2.63. The third kappa shape index (κ3) is 2.46. The van der Waals surface area contributed by atoms with Crippen molar-refractivity contribution in [3.05, 3.63) is 28.2 Å². The molecule has 7 heteroatoms. The number of hydrogen-bond acceptors (Lipinski definition) is 6. The Kier molecular flexibility index (Phi) is 3.44. The Hall–Kier alpha value is -1.53. The first-order chi connectivity index (χ1) is 9.28. The number of rotatable bonds is 3. The van der Waals surface area contributed by atoms with Crippen LogP contribution < -0.4 is 14.4 Å². The van der Waals surface area contributed by atoms with Gasteiger partial charge in [-0.2, -0.15) is 0 Å². The van der Waals surface area contributed by atoms with Gasteiger partial charge in [0.15, 0.2) is 0 Å². The fraction of sp³-hybridized carbons (Fsp3) is 0.333. The van der Waals surface area contributed by atoms with E-state index in [1.165, 1.54) is 11.5 Å². The first-order valence-electron chi connectivity index (χ1n) is 5.80. The molecule has 1 aliphatic heterocycles. The lowest BCUT2D eigenvalue weighted by Gasteiger charge is -2.30. The molecule has 2 aromatic rings. The van der Waals surface area contributed by atoms with E-state index in [1.807, 2.05) is 18.2 Å². The zero-order valence-corrected chi connectivity index (χ0v) is 11.9. The average molecular weight is 298 g/mol. The number of methoxy groups -OCH3 is 1. The lowest BCUT2D eigenvalue weighted by molar-refractivity contribution is 0.305. The van der Waals surface area contributed by atoms with Crippen molar-refractivity contribution in [1.82, 2.24) is 9.59 Å². The standard InChI is InChI=1S/C12H12ClN3O2S/c1-17-8-2-3-11-10(6-8)16(4-5-18-11)7-9-12(13)19-15-14-9/h2-3,6H,4-5,7H2,1H3. The summed E-state index contributed by atoms with van der Waals surface area (Å²) >= 11 is 7.26. The molecule has 0 bridgehead atoms. The number of hydrogen-bond donors (Lipinski definition) is 0. The molecular formula is C12H12ClN3O2S. The van der Waals surface area contributed by atoms with Gasteiger partial charge in [0.25, 0.3) is 0 Å². The van der Waals surface area contributed by atoms with Crippen molar-refractivity contribution in [1.29, 1.82) is 0 Å². The van der Waals surface area contributed by atoms with E-state index in [-0.39, 0.29) is 0 Å². The van der Waals surface area contributed by atoms with Crippen LogP contribution in [0, 0.1) is 0 Å². The molecule has 1 aliphatic rings. The van der Waals surface area contributed by atoms with E-state index in [2.05, 4.69) is 14.5 Å². The van der Waals surface area contributed by atoms with Crippen LogP contribution in [-0.4, -0.2) is 29.8 Å². The minimum atomic E-state index is 0.624. The molecule has 0 N–H and O–H groups in total. The van der Waals surface area contributed by atoms with Crippen LogP contribution in [0.25, 0.3) is 0 Å². The molecule has 0 radical (unpaired) electrons. The van der Waals surface area contributed by atoms with Crippen LogP contribution in [-0.2, 0) is 6.54 Å². The highest BCUT2D eigenvalue weighted by atomic mass is 35.5. The molecule has 0 unspecified atom stereocenters. The molecule has 19 heavy (non-hydrogen) atoms. The molecule has 100 valence electrons. The van der Waals surface area contributed by atoms with Crippen LogP contribution in [0.3, 0.4) is 0 Å². The molecule has 0 fully saturated rings. The summed E-state index contributed by atoms with van der Waals surface area (Å²) in [5.74, 6) is 1.66. The summed E-state index contributed by atoms with van der Waals surface area (Å²) in [4.78, 5) is 2.17. The summed E-state index contributed by atoms with van der Waals surface area (Å²) in [5, 5.41) is 4.05. The highest BCUT2D eigenvalue weighted by molar-refractivity contribution is 7.10. The van der Waals surface area contributed by atoms with Gasteiger partial charge in [-0.3, -0.25) is 0 Å². The summed E-state index contributed by atoms with van der Waals surface area (Å²) in [6, 6.07) is 5.77. The van der Waals surface area contributed by atoms with Gasteiger partial charge in [-0.25, -0.2) is 0 Å². The first-order valence-corrected chi connectivity index (χ1v) is 6.95. The van der Waals surface area contributed by atoms with Crippen molar-refractivity contribution in [2.75, 3.05) is 25.2 Å². The molecule has 0 spiro atoms. The summed E-state index contributed by atoms with van der Waals surface area (Å²) in [6.07, 6.45) is 0. The van der Waals surface area contributed by atoms with Crippen molar-refractivity contribution in [2.45, 2.75) is 6.54 Å². The minimum Gasteiger partial charge on any atom is -0.497 e. The zero-order valence-electron chi connectivity index (χ0n) is 10.3. The lowest BCUT2D eigenvalue weighted by Crippen LogP contribution is -2.32. The predicted octanol–water partition coefficient (Wildman–Crippen LogP) is 2.60. The van der Waals surface area contributed by atoms with E-state index in [4.69, 9.17) is 21.1 Å². The van der Waals surface area contributed by atoms with Crippen molar-refractivity contribution in [2.24, 2.45) is 0 Å². The Balaban J connectivity index is 1.91. The van der Waals surface area contributed by atoms with Gasteiger partial charge < -0.3 is 14.4 Å². The van der Waals surface area contributed by atoms with Gasteiger partial charge in [-0.15, -0.1) is 5.10 Å². The van der Waals surface area contributed by atoms with Gasteiger partial charge in [-0.1, -0.05) is 16.1 Å². The van der Waals surface area contributed by atoms with Crippen LogP contribution in [0.15, 0.2) is 18.2 Å². The van der Waals surface area contributed by atoms with Gasteiger partial charge in [0, 0.05) is 17.6 Å². The Morgan fingerprint density at radius 3 is 3.16 bits per heavy atom. The van der Waals surface area contributed by atoms with Crippen LogP contribution in [0.1, 0.15) is 5.69 Å². The SMILES string of the molecule is COc1ccc2c(c1)N(Cc1nnsc1Cl)CCO2. The molecule has 0 atom stereocenters. The smallest absolute Gasteiger partial charge is 0.142 e. The largest absolute Gasteiger partial charge is 0.497 e. The molecule has 0 saturated heterocycles. The van der Waals surface area contributed by atoms with Crippen LogP contribution >= 0.6 is 23.1 Å². The zero-order chi connectivity index (χ0) is 13.2. The second kappa shape index (κ2) is 5.22. The maximum absolute atomic E-state index is 6.06. The van der Waals surface area contributed by atoms with Gasteiger partial charge >= 0.3 is 0 Å². The van der Waals surface area contributed by atoms with Gasteiger partial charge in [0.2, 0.25) is 0 Å². The summed E-state index contributed by atoms with van der Waals surface area (Å²) < 4.78 is 15.4. The molecule has 1 aromatic heterocycles. The number of benzene rings is 1. The van der Waals surface area contributed by atoms with E-state index in [0.29, 0.717) is 17.5 Å². The Morgan fingerprint density at radius 2 is 2.42 bits per heavy atom. The molecule has 1 aromatic carbocycles. The third-order valence-corrected chi connectivity index (χ3v) is 3.96. The normalized spacial score (nSPS) is 13.9. The minimum absolute atomic E-state index is 0.624. The quantitative estimate of drug-likeness (QED) is 0.871. The van der Waals surface area contributed by atoms with Gasteiger partial charge in [0.1, 0.15) is 28.1 Å². The van der Waals surface area contributed by atoms with Crippen LogP contribution in [0.4, 0.5) is 5.69 Å². The van der Waals surface area contributed by atoms with Crippen molar-refractivity contribution < 1.29 is 9.47 Å². The maximum Gasteiger partial charge on any atom is 0.142 e. The highest BCUT2D eigenvalue weighted by Crippen LogP contribution is 2.36. The van der Waals surface area contributed by atoms with Gasteiger partial charge in [0.05, 0.1) is 25.9 Å². The molecule has 0 saturated carbocycles. The summed E-state index contributed by atoms with van der Waals surface area (Å²) in [6.45, 7) is 2.06. The van der Waals surface area contributed by atoms with Crippen molar-refractivity contribution in [3.8, 4) is 11.5 Å². The Morgan fingerprint density at radius 1 is 1.53 bits per heavy atom. The van der Waals surface area contributed by atoms with Crippen LogP contribution in [0.2, 0.25) is 4.34 Å². The van der Waals surface area contributed by atoms with E-state index in [0.717, 1.165) is 29.4 Å². The molecule has 5 nitrogen and oxygen atoms in total. The third-order valence-electron chi connectivity index (χ3n) is 2.98. The molecule has 3 rings (SSSR count). The maximum atomic E-state index is 6.06. The van der Waals surface area contributed by atoms with E-state index in [9.17, 15) is 0 Å². The number of nitrogens with zero attached hydrogens (tertiary/aromatic N) is 3. The number of aromatic nitrogens is 2. The second-order valence-corrected chi connectivity index (χ2v) is 5.45. The van der Waals surface area contributed by atoms with Crippen molar-refractivity contribution in [3.63, 3.8) is 0 Å². The Bertz CT molecular complexity index is 590. The fourth-order valence-electron chi connectivity index (χ4n) is 2.02. The first kappa shape index (κ1) is 12.5. The monoisotopic (exact) mass is 297 g/mol. The predicted molar refractivity (Wildman–Crippen MR) is 74.5 cm³/mol. The summed E-state index contributed by atoms with van der Waals surface area (Å²) in [7, 11) is 1.65. The number of anilines is 1. The molecular weight excluding hydrogens is 286 g/mol. The number of halogens is 1. The highest BCUT2D eigenvalue weighted by Gasteiger charge is 2.21. The van der Waals surface area contributed by atoms with E-state index < -0.39 is 0 Å². The summed E-state index contributed by atoms with van der Waals surface area (Å²) in [5.41, 5.74) is 1.79. The Labute approximate surface area is 119 Å². The van der Waals surface area contributed by atoms with Crippen molar-refractivity contribution >= 4 is 28.8 Å². The average Bonchev–Trinajstić information content (AvgIpc) is 2.84. The number of ether oxygens (including phenoxy) is 2. The van der Waals surface area contributed by atoms with Crippen LogP contribution in [0.5, 0.6) is 11.5 Å². The number of fused-ring (bicyclic) bond motifs is 1. The molecule has 0 amide bonds. The van der Waals surface area contributed by atoms with E-state index in [1.54, 1.807) is 7.11 Å².